The van der Waals surface area contributed by atoms with Gasteiger partial charge < -0.3 is 5.11 Å². The molecule has 2 rings (SSSR count). The van der Waals surface area contributed by atoms with Gasteiger partial charge in [0.1, 0.15) is 0 Å². The Morgan fingerprint density at radius 2 is 2.12 bits per heavy atom. The van der Waals surface area contributed by atoms with Crippen LogP contribution in [-0.2, 0) is 4.79 Å². The van der Waals surface area contributed by atoms with Crippen LogP contribution in [-0.4, -0.2) is 35.1 Å². The molecule has 1 atom stereocenters. The zero-order valence-corrected chi connectivity index (χ0v) is 9.82. The van der Waals surface area contributed by atoms with Crippen molar-refractivity contribution in [2.24, 2.45) is 0 Å². The van der Waals surface area contributed by atoms with Crippen LogP contribution in [0.4, 0.5) is 0 Å². The molecule has 3 nitrogen and oxygen atoms in total. The van der Waals surface area contributed by atoms with Crippen LogP contribution in [0.2, 0.25) is 0 Å². The molecular formula is C13H21NO2. The number of rotatable bonds is 4. The Labute approximate surface area is 97.1 Å². The summed E-state index contributed by atoms with van der Waals surface area (Å²) in [6.45, 7) is 2.41. The maximum Gasteiger partial charge on any atom is 0.303 e. The minimum Gasteiger partial charge on any atom is -0.481 e. The van der Waals surface area contributed by atoms with Crippen molar-refractivity contribution in [3.63, 3.8) is 0 Å². The van der Waals surface area contributed by atoms with Crippen molar-refractivity contribution in [3.05, 3.63) is 11.6 Å². The Bertz CT molecular complexity index is 280. The van der Waals surface area contributed by atoms with Gasteiger partial charge in [-0.3, -0.25) is 9.69 Å². The lowest BCUT2D eigenvalue weighted by atomic mass is 9.90. The zero-order chi connectivity index (χ0) is 11.4. The Kier molecular flexibility index (Phi) is 3.99. The second-order valence-electron chi connectivity index (χ2n) is 4.86. The number of allylic oxidation sites excluding steroid dienone is 1. The van der Waals surface area contributed by atoms with Crippen LogP contribution in [0.5, 0.6) is 0 Å². The minimum atomic E-state index is -0.674. The number of nitrogens with zero attached hydrogens (tertiary/aromatic N) is 1. The lowest BCUT2D eigenvalue weighted by molar-refractivity contribution is -0.137. The topological polar surface area (TPSA) is 40.5 Å². The van der Waals surface area contributed by atoms with E-state index in [1.54, 1.807) is 0 Å². The Morgan fingerprint density at radius 3 is 2.81 bits per heavy atom. The van der Waals surface area contributed by atoms with E-state index in [2.05, 4.69) is 11.0 Å². The standard InChI is InChI=1S/C13H21NO2/c15-13(16)8-7-11-5-1-2-6-12(11)14-9-3-4-10-14/h5,12H,1-4,6-10H2,(H,15,16). The predicted octanol–water partition coefficient (Wildman–Crippen LogP) is 2.43. The van der Waals surface area contributed by atoms with Crippen molar-refractivity contribution in [3.8, 4) is 0 Å². The second kappa shape index (κ2) is 5.48. The van der Waals surface area contributed by atoms with E-state index in [-0.39, 0.29) is 6.42 Å². The number of carboxylic acid groups (broad SMARTS) is 1. The monoisotopic (exact) mass is 223 g/mol. The minimum absolute atomic E-state index is 0.288. The molecular weight excluding hydrogens is 202 g/mol. The summed E-state index contributed by atoms with van der Waals surface area (Å²) in [5, 5.41) is 8.75. The third kappa shape index (κ3) is 2.85. The van der Waals surface area contributed by atoms with Crippen molar-refractivity contribution in [2.45, 2.75) is 51.0 Å². The van der Waals surface area contributed by atoms with E-state index in [9.17, 15) is 4.79 Å². The first-order valence-corrected chi connectivity index (χ1v) is 6.42. The van der Waals surface area contributed by atoms with E-state index in [4.69, 9.17) is 5.11 Å². The average Bonchev–Trinajstić information content (AvgIpc) is 2.80. The number of aliphatic carboxylic acids is 1. The maximum absolute atomic E-state index is 10.6. The summed E-state index contributed by atoms with van der Waals surface area (Å²) in [5.41, 5.74) is 1.38. The molecule has 0 aromatic heterocycles. The third-order valence-electron chi connectivity index (χ3n) is 3.73. The lowest BCUT2D eigenvalue weighted by Crippen LogP contribution is -2.35. The molecule has 1 aliphatic carbocycles. The summed E-state index contributed by atoms with van der Waals surface area (Å²) in [5.74, 6) is -0.674. The maximum atomic E-state index is 10.6. The number of hydrogen-bond acceptors (Lipinski definition) is 2. The molecule has 1 saturated heterocycles. The van der Waals surface area contributed by atoms with Gasteiger partial charge in [-0.15, -0.1) is 0 Å². The molecule has 90 valence electrons. The van der Waals surface area contributed by atoms with Crippen molar-refractivity contribution in [2.75, 3.05) is 13.1 Å². The van der Waals surface area contributed by atoms with E-state index in [1.807, 2.05) is 0 Å². The summed E-state index contributed by atoms with van der Waals surface area (Å²) >= 11 is 0. The van der Waals surface area contributed by atoms with E-state index < -0.39 is 5.97 Å². The molecule has 1 fully saturated rings. The van der Waals surface area contributed by atoms with Gasteiger partial charge >= 0.3 is 5.97 Å². The van der Waals surface area contributed by atoms with Crippen molar-refractivity contribution in [1.82, 2.24) is 4.90 Å². The average molecular weight is 223 g/mol. The van der Waals surface area contributed by atoms with E-state index in [1.165, 1.54) is 44.3 Å². The van der Waals surface area contributed by atoms with Gasteiger partial charge in [0.15, 0.2) is 0 Å². The van der Waals surface area contributed by atoms with Gasteiger partial charge in [0.2, 0.25) is 0 Å². The number of hydrogen-bond donors (Lipinski definition) is 1. The number of carboxylic acids is 1. The van der Waals surface area contributed by atoms with E-state index in [0.29, 0.717) is 6.04 Å². The van der Waals surface area contributed by atoms with Crippen LogP contribution in [0.15, 0.2) is 11.6 Å². The molecule has 0 radical (unpaired) electrons. The van der Waals surface area contributed by atoms with Crippen LogP contribution in [0.3, 0.4) is 0 Å². The van der Waals surface area contributed by atoms with Gasteiger partial charge in [-0.1, -0.05) is 11.6 Å². The fourth-order valence-electron chi connectivity index (χ4n) is 2.91. The molecule has 0 spiro atoms. The molecule has 1 N–H and O–H groups in total. The summed E-state index contributed by atoms with van der Waals surface area (Å²) in [6.07, 6.45) is 9.57. The molecule has 1 aliphatic heterocycles. The Balaban J connectivity index is 1.95. The van der Waals surface area contributed by atoms with Gasteiger partial charge in [0.25, 0.3) is 0 Å². The first-order valence-electron chi connectivity index (χ1n) is 6.42. The van der Waals surface area contributed by atoms with Gasteiger partial charge in [0, 0.05) is 12.5 Å². The van der Waals surface area contributed by atoms with Gasteiger partial charge in [-0.2, -0.15) is 0 Å². The summed E-state index contributed by atoms with van der Waals surface area (Å²) in [7, 11) is 0. The highest BCUT2D eigenvalue weighted by atomic mass is 16.4. The summed E-state index contributed by atoms with van der Waals surface area (Å²) in [4.78, 5) is 13.2. The molecule has 1 heterocycles. The molecule has 1 unspecified atom stereocenters. The van der Waals surface area contributed by atoms with E-state index >= 15 is 0 Å². The highest BCUT2D eigenvalue weighted by molar-refractivity contribution is 5.67. The number of carbonyl (C=O) groups is 1. The largest absolute Gasteiger partial charge is 0.481 e. The second-order valence-corrected chi connectivity index (χ2v) is 4.86. The predicted molar refractivity (Wildman–Crippen MR) is 63.4 cm³/mol. The summed E-state index contributed by atoms with van der Waals surface area (Å²) < 4.78 is 0. The van der Waals surface area contributed by atoms with Gasteiger partial charge in [0.05, 0.1) is 0 Å². The van der Waals surface area contributed by atoms with Crippen molar-refractivity contribution < 1.29 is 9.90 Å². The Morgan fingerprint density at radius 1 is 1.38 bits per heavy atom. The van der Waals surface area contributed by atoms with Crippen LogP contribution in [0.1, 0.15) is 44.9 Å². The fourth-order valence-corrected chi connectivity index (χ4v) is 2.91. The highest BCUT2D eigenvalue weighted by Crippen LogP contribution is 2.29. The van der Waals surface area contributed by atoms with E-state index in [0.717, 1.165) is 12.8 Å². The molecule has 3 heteroatoms. The normalized spacial score (nSPS) is 26.8. The zero-order valence-electron chi connectivity index (χ0n) is 9.82. The Hall–Kier alpha value is -0.830. The van der Waals surface area contributed by atoms with Crippen molar-refractivity contribution in [1.29, 1.82) is 0 Å². The SMILES string of the molecule is O=C(O)CCC1=CCCCC1N1CCCC1. The summed E-state index contributed by atoms with van der Waals surface area (Å²) in [6, 6.07) is 0.551. The highest BCUT2D eigenvalue weighted by Gasteiger charge is 2.26. The fraction of sp³-hybridized carbons (Fsp3) is 0.769. The first kappa shape index (κ1) is 11.6. The molecule has 0 amide bonds. The molecule has 16 heavy (non-hydrogen) atoms. The van der Waals surface area contributed by atoms with Crippen LogP contribution in [0.25, 0.3) is 0 Å². The quantitative estimate of drug-likeness (QED) is 0.744. The van der Waals surface area contributed by atoms with Crippen molar-refractivity contribution >= 4 is 5.97 Å². The molecule has 2 aliphatic rings. The third-order valence-corrected chi connectivity index (χ3v) is 3.73. The van der Waals surface area contributed by atoms with Gasteiger partial charge in [-0.25, -0.2) is 0 Å². The van der Waals surface area contributed by atoms with Crippen LogP contribution >= 0.6 is 0 Å². The first-order chi connectivity index (χ1) is 7.77. The van der Waals surface area contributed by atoms with Gasteiger partial charge in [-0.05, 0) is 51.6 Å². The molecule has 0 aromatic carbocycles. The molecule has 0 bridgehead atoms. The van der Waals surface area contributed by atoms with Crippen LogP contribution in [0, 0.1) is 0 Å². The van der Waals surface area contributed by atoms with Crippen LogP contribution < -0.4 is 0 Å². The molecule has 0 saturated carbocycles. The molecule has 0 aromatic rings. The number of likely N-dealkylation sites (tertiary alicyclic amines) is 1. The smallest absolute Gasteiger partial charge is 0.303 e. The lowest BCUT2D eigenvalue weighted by Gasteiger charge is -2.32.